The number of fused-ring (bicyclic) bond motifs is 2. The molecule has 0 spiro atoms. The molecular formula is C34H39N3O6. The van der Waals surface area contributed by atoms with Crippen LogP contribution in [0, 0.1) is 0 Å². The third-order valence-corrected chi connectivity index (χ3v) is 7.70. The number of aliphatic carboxylic acids is 1. The number of rotatable bonds is 8. The van der Waals surface area contributed by atoms with Crippen LogP contribution in [-0.4, -0.2) is 69.1 Å². The summed E-state index contributed by atoms with van der Waals surface area (Å²) in [6.07, 6.45) is 0.927. The lowest BCUT2D eigenvalue weighted by molar-refractivity contribution is -0.145. The Balaban J connectivity index is 0.00000135. The zero-order valence-corrected chi connectivity index (χ0v) is 24.7. The molecule has 2 N–H and O–H groups in total. The van der Waals surface area contributed by atoms with Gasteiger partial charge in [0.05, 0.1) is 18.7 Å². The van der Waals surface area contributed by atoms with Gasteiger partial charge < -0.3 is 20.0 Å². The van der Waals surface area contributed by atoms with Gasteiger partial charge in [-0.3, -0.25) is 19.3 Å². The summed E-state index contributed by atoms with van der Waals surface area (Å²) in [5, 5.41) is 19.5. The number of hydrogen-bond donors (Lipinski definition) is 2. The van der Waals surface area contributed by atoms with E-state index in [0.29, 0.717) is 18.5 Å². The summed E-state index contributed by atoms with van der Waals surface area (Å²) in [6.45, 7) is 4.44. The highest BCUT2D eigenvalue weighted by Crippen LogP contribution is 2.33. The van der Waals surface area contributed by atoms with Gasteiger partial charge in [0, 0.05) is 25.6 Å². The van der Waals surface area contributed by atoms with Crippen LogP contribution in [0.3, 0.4) is 0 Å². The smallest absolute Gasteiger partial charge is 0.412 e. The summed E-state index contributed by atoms with van der Waals surface area (Å²) < 4.78 is 0. The van der Waals surface area contributed by atoms with E-state index < -0.39 is 30.1 Å². The molecule has 3 aromatic rings. The monoisotopic (exact) mass is 585 g/mol. The highest BCUT2D eigenvalue weighted by Gasteiger charge is 2.41. The first-order valence-corrected chi connectivity index (χ1v) is 14.7. The number of amides is 3. The van der Waals surface area contributed by atoms with E-state index in [9.17, 15) is 29.4 Å². The minimum absolute atomic E-state index is 0.206. The fraction of sp³-hybridized carbons (Fsp3) is 0.353. The van der Waals surface area contributed by atoms with Gasteiger partial charge in [-0.2, -0.15) is 0 Å². The fourth-order valence-electron chi connectivity index (χ4n) is 5.72. The van der Waals surface area contributed by atoms with E-state index in [-0.39, 0.29) is 38.4 Å². The zero-order chi connectivity index (χ0) is 30.9. The second-order valence-electron chi connectivity index (χ2n) is 10.9. The van der Waals surface area contributed by atoms with Crippen molar-refractivity contribution in [2.75, 3.05) is 18.0 Å². The van der Waals surface area contributed by atoms with E-state index in [1.165, 1.54) is 11.3 Å². The highest BCUT2D eigenvalue weighted by atomic mass is 16.4. The van der Waals surface area contributed by atoms with Gasteiger partial charge >= 0.3 is 12.1 Å². The van der Waals surface area contributed by atoms with Gasteiger partial charge in [-0.05, 0) is 41.2 Å². The number of benzene rings is 3. The molecule has 3 aromatic carbocycles. The van der Waals surface area contributed by atoms with Crippen LogP contribution in [0.25, 0.3) is 0 Å². The molecular weight excluding hydrogens is 546 g/mol. The predicted octanol–water partition coefficient (Wildman–Crippen LogP) is 5.01. The molecule has 9 nitrogen and oxygen atoms in total. The molecule has 0 aliphatic carbocycles. The van der Waals surface area contributed by atoms with E-state index in [1.54, 1.807) is 29.2 Å². The molecule has 0 radical (unpaired) electrons. The van der Waals surface area contributed by atoms with E-state index in [2.05, 4.69) is 13.8 Å². The van der Waals surface area contributed by atoms with Gasteiger partial charge in [-0.25, -0.2) is 4.79 Å². The zero-order valence-electron chi connectivity index (χ0n) is 24.7. The van der Waals surface area contributed by atoms with Gasteiger partial charge in [-0.15, -0.1) is 0 Å². The first-order valence-electron chi connectivity index (χ1n) is 14.7. The molecule has 0 aromatic heterocycles. The van der Waals surface area contributed by atoms with Crippen molar-refractivity contribution in [1.82, 2.24) is 9.80 Å². The fourth-order valence-corrected chi connectivity index (χ4v) is 5.72. The Kier molecular flexibility index (Phi) is 10.5. The number of carbonyl (C=O) groups is 4. The lowest BCUT2D eigenvalue weighted by Gasteiger charge is -2.38. The van der Waals surface area contributed by atoms with Crippen LogP contribution in [-0.2, 0) is 40.2 Å². The Bertz CT molecular complexity index is 1440. The van der Waals surface area contributed by atoms with Gasteiger partial charge in [-0.1, -0.05) is 93.1 Å². The minimum Gasteiger partial charge on any atom is -0.481 e. The molecule has 9 heteroatoms. The Morgan fingerprint density at radius 2 is 1.42 bits per heavy atom. The third-order valence-electron chi connectivity index (χ3n) is 7.70. The third kappa shape index (κ3) is 7.60. The van der Waals surface area contributed by atoms with Crippen molar-refractivity contribution in [1.29, 1.82) is 0 Å². The molecule has 0 saturated heterocycles. The van der Waals surface area contributed by atoms with Crippen molar-refractivity contribution in [3.8, 4) is 0 Å². The normalized spacial score (nSPS) is 16.8. The Labute approximate surface area is 252 Å². The summed E-state index contributed by atoms with van der Waals surface area (Å²) in [5.41, 5.74) is 4.16. The quantitative estimate of drug-likeness (QED) is 0.384. The maximum Gasteiger partial charge on any atom is 0.412 e. The number of carbonyl (C=O) groups excluding carboxylic acids is 2. The van der Waals surface area contributed by atoms with E-state index in [0.717, 1.165) is 27.2 Å². The molecule has 0 fully saturated rings. The van der Waals surface area contributed by atoms with Crippen LogP contribution < -0.4 is 4.90 Å². The van der Waals surface area contributed by atoms with Crippen LogP contribution in [0.5, 0.6) is 0 Å². The Morgan fingerprint density at radius 1 is 0.814 bits per heavy atom. The average Bonchev–Trinajstić information content (AvgIpc) is 3.39. The molecule has 0 bridgehead atoms. The van der Waals surface area contributed by atoms with Gasteiger partial charge in [0.1, 0.15) is 6.04 Å². The maximum absolute atomic E-state index is 14.0. The number of nitrogens with zero attached hydrogens (tertiary/aromatic N) is 3. The van der Waals surface area contributed by atoms with Crippen molar-refractivity contribution in [2.45, 2.75) is 64.6 Å². The molecule has 2 atom stereocenters. The van der Waals surface area contributed by atoms with Crippen molar-refractivity contribution in [3.63, 3.8) is 0 Å². The van der Waals surface area contributed by atoms with E-state index >= 15 is 0 Å². The number of carboxylic acids is 1. The van der Waals surface area contributed by atoms with E-state index in [1.807, 2.05) is 54.6 Å². The molecule has 43 heavy (non-hydrogen) atoms. The molecule has 3 amide bonds. The molecule has 0 saturated carbocycles. The van der Waals surface area contributed by atoms with Gasteiger partial charge in [0.15, 0.2) is 0 Å². The second-order valence-corrected chi connectivity index (χ2v) is 10.9. The van der Waals surface area contributed by atoms with Crippen LogP contribution in [0.1, 0.15) is 48.9 Å². The van der Waals surface area contributed by atoms with Gasteiger partial charge in [0.2, 0.25) is 11.8 Å². The van der Waals surface area contributed by atoms with Crippen LogP contribution >= 0.6 is 0 Å². The Morgan fingerprint density at radius 3 is 2.07 bits per heavy atom. The summed E-state index contributed by atoms with van der Waals surface area (Å²) in [6, 6.07) is 22.7. The van der Waals surface area contributed by atoms with Crippen LogP contribution in [0.4, 0.5) is 10.5 Å². The van der Waals surface area contributed by atoms with Gasteiger partial charge in [0.25, 0.3) is 0 Å². The number of hydrogen-bond acceptors (Lipinski definition) is 4. The summed E-state index contributed by atoms with van der Waals surface area (Å²) in [7, 11) is 0. The molecule has 226 valence electrons. The van der Waals surface area contributed by atoms with Crippen molar-refractivity contribution in [2.24, 2.45) is 0 Å². The second kappa shape index (κ2) is 14.5. The maximum atomic E-state index is 14.0. The number of carboxylic acid groups (broad SMARTS) is 2. The van der Waals surface area contributed by atoms with E-state index in [4.69, 9.17) is 0 Å². The van der Waals surface area contributed by atoms with Crippen molar-refractivity contribution < 1.29 is 29.4 Å². The molecule has 2 heterocycles. The van der Waals surface area contributed by atoms with Crippen molar-refractivity contribution >= 4 is 29.6 Å². The average molecular weight is 586 g/mol. The first-order chi connectivity index (χ1) is 20.7. The summed E-state index contributed by atoms with van der Waals surface area (Å²) >= 11 is 0. The predicted molar refractivity (Wildman–Crippen MR) is 164 cm³/mol. The topological polar surface area (TPSA) is 118 Å². The summed E-state index contributed by atoms with van der Waals surface area (Å²) in [4.78, 5) is 55.7. The number of anilines is 1. The highest BCUT2D eigenvalue weighted by molar-refractivity contribution is 6.00. The summed E-state index contributed by atoms with van der Waals surface area (Å²) in [5.74, 6) is -1.81. The van der Waals surface area contributed by atoms with Crippen LogP contribution in [0.2, 0.25) is 0 Å². The molecule has 0 unspecified atom stereocenters. The minimum atomic E-state index is -1.23. The largest absolute Gasteiger partial charge is 0.481 e. The standard InChI is InChI=1S/C31H31N3O6.C3H8/c35-28(33-19-24-12-5-4-10-22(24)16-25(33)18-29(36)37)20-32(15-14-21-8-2-1-3-9-21)30(38)27-17-23-11-6-7-13-26(23)34(27)31(39)40;1-3-2/h1-13,25,27H,14-20H2,(H,36,37)(H,39,40);3H2,1-2H3/t25-,27-;/m1./s1. The molecule has 2 aliphatic heterocycles. The SMILES string of the molecule is CCC.O=C(O)C[C@H]1Cc2ccccc2CN1C(=O)CN(CCc1ccccc1)C(=O)[C@H]1Cc2ccccc2N1C(=O)O. The lowest BCUT2D eigenvalue weighted by atomic mass is 9.92. The molecule has 5 rings (SSSR count). The van der Waals surface area contributed by atoms with Crippen LogP contribution in [0.15, 0.2) is 78.9 Å². The number of para-hydroxylation sites is 1. The lowest BCUT2D eigenvalue weighted by Crippen LogP contribution is -2.54. The first kappa shape index (κ1) is 31.3. The van der Waals surface area contributed by atoms with Crippen molar-refractivity contribution in [3.05, 3.63) is 101 Å². The molecule has 2 aliphatic rings. The Hall–Kier alpha value is -4.66.